The summed E-state index contributed by atoms with van der Waals surface area (Å²) in [6.45, 7) is 2.56. The standard InChI is InChI=1S/C20H18F3N5O/c1-2-11-3-4-12(20(21,22)23)7-14(11)15-8-28(9-16(15)17(24)29)19-13-5-6-25-18(13)26-10-27-19/h3-4,7-10H,2,5-6H2,1H3,(H2,24,29)(H,25,26,27). The number of carbonyl (C=O) groups excluding carboxylic acids is 1. The van der Waals surface area contributed by atoms with Crippen molar-refractivity contribution in [1.82, 2.24) is 14.5 Å². The van der Waals surface area contributed by atoms with Crippen molar-refractivity contribution in [2.45, 2.75) is 25.9 Å². The van der Waals surface area contributed by atoms with E-state index in [4.69, 9.17) is 5.73 Å². The summed E-state index contributed by atoms with van der Waals surface area (Å²) in [6, 6.07) is 3.55. The minimum Gasteiger partial charge on any atom is -0.369 e. The molecule has 1 aromatic carbocycles. The van der Waals surface area contributed by atoms with Crippen LogP contribution in [0.25, 0.3) is 16.9 Å². The molecule has 0 fully saturated rings. The molecule has 0 spiro atoms. The number of aromatic nitrogens is 3. The van der Waals surface area contributed by atoms with E-state index in [1.165, 1.54) is 18.6 Å². The number of anilines is 1. The highest BCUT2D eigenvalue weighted by atomic mass is 19.4. The van der Waals surface area contributed by atoms with E-state index in [-0.39, 0.29) is 5.56 Å². The molecule has 4 rings (SSSR count). The Labute approximate surface area is 164 Å². The molecule has 1 aliphatic heterocycles. The van der Waals surface area contributed by atoms with Gasteiger partial charge in [-0.15, -0.1) is 0 Å². The van der Waals surface area contributed by atoms with E-state index >= 15 is 0 Å². The lowest BCUT2D eigenvalue weighted by atomic mass is 9.95. The second kappa shape index (κ2) is 6.91. The van der Waals surface area contributed by atoms with Crippen molar-refractivity contribution >= 4 is 11.7 Å². The van der Waals surface area contributed by atoms with E-state index < -0.39 is 17.6 Å². The molecule has 3 aromatic rings. The van der Waals surface area contributed by atoms with Gasteiger partial charge in [-0.25, -0.2) is 9.97 Å². The number of halogens is 3. The van der Waals surface area contributed by atoms with Gasteiger partial charge in [-0.05, 0) is 36.1 Å². The Bertz CT molecular complexity index is 1100. The predicted molar refractivity (Wildman–Crippen MR) is 102 cm³/mol. The summed E-state index contributed by atoms with van der Waals surface area (Å²) < 4.78 is 41.5. The van der Waals surface area contributed by atoms with Gasteiger partial charge in [0.05, 0.1) is 11.1 Å². The molecule has 29 heavy (non-hydrogen) atoms. The molecular weight excluding hydrogens is 383 g/mol. The van der Waals surface area contributed by atoms with Crippen LogP contribution in [0, 0.1) is 0 Å². The number of benzene rings is 1. The van der Waals surface area contributed by atoms with Crippen LogP contribution in [0.5, 0.6) is 0 Å². The number of nitrogens with zero attached hydrogens (tertiary/aromatic N) is 3. The summed E-state index contributed by atoms with van der Waals surface area (Å²) in [5, 5.41) is 3.15. The van der Waals surface area contributed by atoms with E-state index in [2.05, 4.69) is 15.3 Å². The molecule has 1 aliphatic rings. The largest absolute Gasteiger partial charge is 0.416 e. The van der Waals surface area contributed by atoms with Crippen LogP contribution in [-0.4, -0.2) is 27.0 Å². The van der Waals surface area contributed by atoms with Gasteiger partial charge in [-0.3, -0.25) is 4.79 Å². The van der Waals surface area contributed by atoms with Gasteiger partial charge in [0.1, 0.15) is 18.0 Å². The highest BCUT2D eigenvalue weighted by Crippen LogP contribution is 2.36. The van der Waals surface area contributed by atoms with Gasteiger partial charge in [0.25, 0.3) is 5.91 Å². The van der Waals surface area contributed by atoms with Gasteiger partial charge in [0.15, 0.2) is 0 Å². The van der Waals surface area contributed by atoms with Crippen molar-refractivity contribution < 1.29 is 18.0 Å². The minimum atomic E-state index is -4.49. The monoisotopic (exact) mass is 401 g/mol. The van der Waals surface area contributed by atoms with Gasteiger partial charge in [-0.2, -0.15) is 13.2 Å². The zero-order valence-electron chi connectivity index (χ0n) is 15.5. The molecule has 150 valence electrons. The van der Waals surface area contributed by atoms with Crippen molar-refractivity contribution in [3.63, 3.8) is 0 Å². The Morgan fingerprint density at radius 3 is 2.72 bits per heavy atom. The van der Waals surface area contributed by atoms with Crippen LogP contribution in [-0.2, 0) is 19.0 Å². The van der Waals surface area contributed by atoms with Gasteiger partial charge in [-0.1, -0.05) is 13.0 Å². The molecule has 9 heteroatoms. The fourth-order valence-electron chi connectivity index (χ4n) is 3.61. The number of amides is 1. The molecule has 0 saturated heterocycles. The summed E-state index contributed by atoms with van der Waals surface area (Å²) in [4.78, 5) is 20.6. The Balaban J connectivity index is 1.92. The lowest BCUT2D eigenvalue weighted by molar-refractivity contribution is -0.137. The minimum absolute atomic E-state index is 0.136. The fourth-order valence-corrected chi connectivity index (χ4v) is 3.61. The van der Waals surface area contributed by atoms with Crippen molar-refractivity contribution in [2.75, 3.05) is 11.9 Å². The van der Waals surface area contributed by atoms with Crippen molar-refractivity contribution in [3.05, 3.63) is 59.2 Å². The average molecular weight is 401 g/mol. The molecule has 6 nitrogen and oxygen atoms in total. The number of primary amides is 1. The van der Waals surface area contributed by atoms with E-state index in [0.29, 0.717) is 47.7 Å². The van der Waals surface area contributed by atoms with E-state index in [0.717, 1.165) is 17.7 Å². The fraction of sp³-hybridized carbons (Fsp3) is 0.250. The number of hydrogen-bond donors (Lipinski definition) is 2. The number of nitrogens with one attached hydrogen (secondary N) is 1. The molecule has 0 radical (unpaired) electrons. The Kier molecular flexibility index (Phi) is 4.52. The number of carbonyl (C=O) groups is 1. The van der Waals surface area contributed by atoms with E-state index in [1.54, 1.807) is 10.8 Å². The molecule has 0 aliphatic carbocycles. The van der Waals surface area contributed by atoms with Crippen LogP contribution in [0.3, 0.4) is 0 Å². The number of alkyl halides is 3. The normalized spacial score (nSPS) is 13.2. The maximum atomic E-state index is 13.3. The van der Waals surface area contributed by atoms with Gasteiger partial charge >= 0.3 is 6.18 Å². The third kappa shape index (κ3) is 3.32. The summed E-state index contributed by atoms with van der Waals surface area (Å²) in [5.41, 5.74) is 7.16. The van der Waals surface area contributed by atoms with Gasteiger partial charge in [0, 0.05) is 30.1 Å². The first kappa shape index (κ1) is 19.0. The molecule has 3 heterocycles. The first-order valence-electron chi connectivity index (χ1n) is 9.10. The molecule has 1 amide bonds. The van der Waals surface area contributed by atoms with Crippen LogP contribution in [0.1, 0.15) is 34.0 Å². The lowest BCUT2D eigenvalue weighted by Crippen LogP contribution is -2.12. The van der Waals surface area contributed by atoms with Crippen LogP contribution >= 0.6 is 0 Å². The SMILES string of the molecule is CCc1ccc(C(F)(F)F)cc1-c1cn(-c2ncnc3c2CCN3)cc1C(N)=O. The van der Waals surface area contributed by atoms with Crippen molar-refractivity contribution in [1.29, 1.82) is 0 Å². The Morgan fingerprint density at radius 2 is 2.03 bits per heavy atom. The third-order valence-electron chi connectivity index (χ3n) is 5.03. The van der Waals surface area contributed by atoms with Crippen molar-refractivity contribution in [3.8, 4) is 16.9 Å². The highest BCUT2D eigenvalue weighted by Gasteiger charge is 2.31. The number of nitrogens with two attached hydrogens (primary N) is 1. The molecular formula is C20H18F3N5O. The smallest absolute Gasteiger partial charge is 0.369 e. The summed E-state index contributed by atoms with van der Waals surface area (Å²) >= 11 is 0. The zero-order chi connectivity index (χ0) is 20.8. The summed E-state index contributed by atoms with van der Waals surface area (Å²) in [6.07, 6.45) is 1.24. The van der Waals surface area contributed by atoms with Crippen molar-refractivity contribution in [2.24, 2.45) is 5.73 Å². The van der Waals surface area contributed by atoms with Gasteiger partial charge < -0.3 is 15.6 Å². The summed E-state index contributed by atoms with van der Waals surface area (Å²) in [7, 11) is 0. The first-order chi connectivity index (χ1) is 13.8. The number of rotatable bonds is 4. The topological polar surface area (TPSA) is 85.8 Å². The van der Waals surface area contributed by atoms with Crippen LogP contribution in [0.2, 0.25) is 0 Å². The second-order valence-corrected chi connectivity index (χ2v) is 6.78. The van der Waals surface area contributed by atoms with Gasteiger partial charge in [0.2, 0.25) is 0 Å². The Hall–Kier alpha value is -3.36. The zero-order valence-corrected chi connectivity index (χ0v) is 15.5. The molecule has 0 atom stereocenters. The summed E-state index contributed by atoms with van der Waals surface area (Å²) in [5.74, 6) is 0.556. The van der Waals surface area contributed by atoms with E-state index in [9.17, 15) is 18.0 Å². The maximum Gasteiger partial charge on any atom is 0.416 e. The van der Waals surface area contributed by atoms with E-state index in [1.807, 2.05) is 6.92 Å². The lowest BCUT2D eigenvalue weighted by Gasteiger charge is -2.13. The predicted octanol–water partition coefficient (Wildman–Crippen LogP) is 3.58. The maximum absolute atomic E-state index is 13.3. The average Bonchev–Trinajstić information content (AvgIpc) is 3.33. The number of hydrogen-bond acceptors (Lipinski definition) is 4. The molecule has 0 unspecified atom stereocenters. The van der Waals surface area contributed by atoms with Crippen LogP contribution < -0.4 is 11.1 Å². The quantitative estimate of drug-likeness (QED) is 0.700. The third-order valence-corrected chi connectivity index (χ3v) is 5.03. The van der Waals surface area contributed by atoms with Crippen LogP contribution in [0.15, 0.2) is 36.9 Å². The second-order valence-electron chi connectivity index (χ2n) is 6.78. The number of aryl methyl sites for hydroxylation is 1. The molecule has 3 N–H and O–H groups in total. The number of fused-ring (bicyclic) bond motifs is 1. The molecule has 2 aromatic heterocycles. The molecule has 0 bridgehead atoms. The molecule has 0 saturated carbocycles. The highest BCUT2D eigenvalue weighted by molar-refractivity contribution is 6.00. The Morgan fingerprint density at radius 1 is 1.24 bits per heavy atom. The van der Waals surface area contributed by atoms with Crippen LogP contribution in [0.4, 0.5) is 19.0 Å². The first-order valence-corrected chi connectivity index (χ1v) is 9.10.